The first-order valence-corrected chi connectivity index (χ1v) is 5.62. The lowest BCUT2D eigenvalue weighted by atomic mass is 10.4. The number of aromatic nitrogens is 3. The number of thiazole rings is 1. The summed E-state index contributed by atoms with van der Waals surface area (Å²) < 4.78 is 5.20. The Morgan fingerprint density at radius 3 is 2.80 bits per heavy atom. The summed E-state index contributed by atoms with van der Waals surface area (Å²) in [6, 6.07) is 0. The van der Waals surface area contributed by atoms with Gasteiger partial charge in [0.15, 0.2) is 11.0 Å². The Hall–Kier alpha value is -1.43. The number of hydrogen-bond acceptors (Lipinski definition) is 6. The predicted molar refractivity (Wildman–Crippen MR) is 56.5 cm³/mol. The van der Waals surface area contributed by atoms with Crippen LogP contribution in [0.1, 0.15) is 30.3 Å². The molecule has 3 rings (SSSR count). The highest BCUT2D eigenvalue weighted by molar-refractivity contribution is 7.18. The molecule has 2 N–H and O–H groups in total. The van der Waals surface area contributed by atoms with Crippen LogP contribution in [-0.2, 0) is 0 Å². The molecular weight excluding hydrogens is 212 g/mol. The second-order valence-corrected chi connectivity index (χ2v) is 4.73. The summed E-state index contributed by atoms with van der Waals surface area (Å²) in [6.45, 7) is 1.89. The first-order valence-electron chi connectivity index (χ1n) is 4.81. The van der Waals surface area contributed by atoms with Crippen molar-refractivity contribution in [3.8, 4) is 10.8 Å². The Balaban J connectivity index is 2.00. The van der Waals surface area contributed by atoms with Crippen LogP contribution in [0.25, 0.3) is 10.8 Å². The Bertz CT molecular complexity index is 500. The molecule has 2 aromatic rings. The smallest absolute Gasteiger partial charge is 0.270 e. The third kappa shape index (κ3) is 1.50. The molecular formula is C9H10N4OS. The maximum absolute atomic E-state index is 5.61. The van der Waals surface area contributed by atoms with Crippen molar-refractivity contribution in [1.29, 1.82) is 0 Å². The molecule has 1 fully saturated rings. The van der Waals surface area contributed by atoms with E-state index in [1.54, 1.807) is 0 Å². The zero-order valence-corrected chi connectivity index (χ0v) is 9.04. The number of anilines is 1. The monoisotopic (exact) mass is 222 g/mol. The van der Waals surface area contributed by atoms with E-state index >= 15 is 0 Å². The summed E-state index contributed by atoms with van der Waals surface area (Å²) in [4.78, 5) is 9.36. The van der Waals surface area contributed by atoms with Gasteiger partial charge in [0.1, 0.15) is 4.88 Å². The maximum atomic E-state index is 5.61. The van der Waals surface area contributed by atoms with Crippen LogP contribution in [0.4, 0.5) is 5.13 Å². The van der Waals surface area contributed by atoms with Crippen molar-refractivity contribution >= 4 is 16.5 Å². The van der Waals surface area contributed by atoms with Gasteiger partial charge in [0, 0.05) is 5.92 Å². The van der Waals surface area contributed by atoms with Gasteiger partial charge in [0.2, 0.25) is 0 Å². The lowest BCUT2D eigenvalue weighted by molar-refractivity contribution is 0.423. The molecule has 0 aromatic carbocycles. The summed E-state index contributed by atoms with van der Waals surface area (Å²) in [5.41, 5.74) is 6.46. The zero-order chi connectivity index (χ0) is 10.4. The van der Waals surface area contributed by atoms with Gasteiger partial charge in [-0.25, -0.2) is 4.98 Å². The maximum Gasteiger partial charge on any atom is 0.270 e. The van der Waals surface area contributed by atoms with E-state index in [0.717, 1.165) is 16.4 Å². The zero-order valence-electron chi connectivity index (χ0n) is 8.23. The SMILES string of the molecule is Cc1nc(N)sc1-c1nc(C2CC2)no1. The van der Waals surface area contributed by atoms with Gasteiger partial charge in [-0.05, 0) is 19.8 Å². The number of hydrogen-bond donors (Lipinski definition) is 1. The third-order valence-corrected chi connectivity index (χ3v) is 3.37. The highest BCUT2D eigenvalue weighted by Crippen LogP contribution is 2.39. The molecule has 1 aliphatic rings. The van der Waals surface area contributed by atoms with Crippen molar-refractivity contribution in [2.45, 2.75) is 25.7 Å². The minimum absolute atomic E-state index is 0.507. The van der Waals surface area contributed by atoms with Gasteiger partial charge in [-0.3, -0.25) is 0 Å². The molecule has 0 radical (unpaired) electrons. The van der Waals surface area contributed by atoms with Gasteiger partial charge in [0.05, 0.1) is 5.69 Å². The molecule has 2 heterocycles. The number of nitrogens with zero attached hydrogens (tertiary/aromatic N) is 3. The van der Waals surface area contributed by atoms with Crippen LogP contribution in [0.5, 0.6) is 0 Å². The molecule has 0 unspecified atom stereocenters. The molecule has 0 spiro atoms. The average Bonchev–Trinajstić information content (AvgIpc) is 2.83. The van der Waals surface area contributed by atoms with E-state index in [1.165, 1.54) is 24.2 Å². The second kappa shape index (κ2) is 3.03. The largest absolute Gasteiger partial charge is 0.375 e. The van der Waals surface area contributed by atoms with E-state index in [2.05, 4.69) is 15.1 Å². The topological polar surface area (TPSA) is 77.8 Å². The van der Waals surface area contributed by atoms with Gasteiger partial charge in [-0.15, -0.1) is 0 Å². The fraction of sp³-hybridized carbons (Fsp3) is 0.444. The molecule has 0 aliphatic heterocycles. The summed E-state index contributed by atoms with van der Waals surface area (Å²) in [6.07, 6.45) is 2.34. The van der Waals surface area contributed by atoms with E-state index < -0.39 is 0 Å². The average molecular weight is 222 g/mol. The van der Waals surface area contributed by atoms with Crippen LogP contribution in [0.2, 0.25) is 0 Å². The first-order chi connectivity index (χ1) is 7.24. The number of aryl methyl sites for hydroxylation is 1. The molecule has 0 saturated heterocycles. The molecule has 78 valence electrons. The highest BCUT2D eigenvalue weighted by atomic mass is 32.1. The molecule has 1 aliphatic carbocycles. The number of nitrogen functional groups attached to an aromatic ring is 1. The first kappa shape index (κ1) is 8.84. The van der Waals surface area contributed by atoms with Crippen LogP contribution in [0.3, 0.4) is 0 Å². The Kier molecular flexibility index (Phi) is 1.79. The van der Waals surface area contributed by atoms with Crippen molar-refractivity contribution in [2.24, 2.45) is 0 Å². The minimum atomic E-state index is 0.507. The van der Waals surface area contributed by atoms with Crippen molar-refractivity contribution in [3.05, 3.63) is 11.5 Å². The highest BCUT2D eigenvalue weighted by Gasteiger charge is 2.29. The van der Waals surface area contributed by atoms with Crippen LogP contribution in [-0.4, -0.2) is 15.1 Å². The summed E-state index contributed by atoms with van der Waals surface area (Å²) in [7, 11) is 0. The summed E-state index contributed by atoms with van der Waals surface area (Å²) in [5, 5.41) is 4.49. The molecule has 1 saturated carbocycles. The number of nitrogens with two attached hydrogens (primary N) is 1. The molecule has 0 bridgehead atoms. The van der Waals surface area contributed by atoms with Crippen molar-refractivity contribution in [3.63, 3.8) is 0 Å². The quantitative estimate of drug-likeness (QED) is 0.840. The summed E-state index contributed by atoms with van der Waals surface area (Å²) in [5.74, 6) is 1.87. The fourth-order valence-electron chi connectivity index (χ4n) is 1.45. The van der Waals surface area contributed by atoms with Crippen LogP contribution in [0, 0.1) is 6.92 Å². The normalized spacial score (nSPS) is 15.8. The standard InChI is InChI=1S/C9H10N4OS/c1-4-6(15-9(10)11-4)8-12-7(13-14-8)5-2-3-5/h5H,2-3H2,1H3,(H2,10,11). The fourth-order valence-corrected chi connectivity index (χ4v) is 2.21. The third-order valence-electron chi connectivity index (χ3n) is 2.39. The molecule has 15 heavy (non-hydrogen) atoms. The van der Waals surface area contributed by atoms with Crippen LogP contribution < -0.4 is 5.73 Å². The molecule has 2 aromatic heterocycles. The van der Waals surface area contributed by atoms with E-state index in [9.17, 15) is 0 Å². The molecule has 0 atom stereocenters. The lowest BCUT2D eigenvalue weighted by Gasteiger charge is -1.86. The van der Waals surface area contributed by atoms with Crippen molar-refractivity contribution in [2.75, 3.05) is 5.73 Å². The van der Waals surface area contributed by atoms with Gasteiger partial charge >= 0.3 is 0 Å². The second-order valence-electron chi connectivity index (χ2n) is 3.70. The predicted octanol–water partition coefficient (Wildman–Crippen LogP) is 1.96. The Morgan fingerprint density at radius 2 is 2.20 bits per heavy atom. The molecule has 5 nitrogen and oxygen atoms in total. The number of rotatable bonds is 2. The van der Waals surface area contributed by atoms with Gasteiger partial charge < -0.3 is 10.3 Å². The molecule has 0 amide bonds. The van der Waals surface area contributed by atoms with Crippen LogP contribution in [0.15, 0.2) is 4.52 Å². The van der Waals surface area contributed by atoms with E-state index in [0.29, 0.717) is 16.9 Å². The Morgan fingerprint density at radius 1 is 1.40 bits per heavy atom. The van der Waals surface area contributed by atoms with Gasteiger partial charge in [0.25, 0.3) is 5.89 Å². The molecule has 6 heteroatoms. The van der Waals surface area contributed by atoms with E-state index in [4.69, 9.17) is 10.3 Å². The Labute approximate surface area is 90.3 Å². The van der Waals surface area contributed by atoms with Crippen molar-refractivity contribution < 1.29 is 4.52 Å². The summed E-state index contributed by atoms with van der Waals surface area (Å²) >= 11 is 1.38. The lowest BCUT2D eigenvalue weighted by Crippen LogP contribution is -1.82. The van der Waals surface area contributed by atoms with Crippen LogP contribution >= 0.6 is 11.3 Å². The minimum Gasteiger partial charge on any atom is -0.375 e. The van der Waals surface area contributed by atoms with E-state index in [1.807, 2.05) is 6.92 Å². The van der Waals surface area contributed by atoms with Gasteiger partial charge in [-0.1, -0.05) is 16.5 Å². The van der Waals surface area contributed by atoms with E-state index in [-0.39, 0.29) is 0 Å². The van der Waals surface area contributed by atoms with Gasteiger partial charge in [-0.2, -0.15) is 4.98 Å². The van der Waals surface area contributed by atoms with Crippen molar-refractivity contribution in [1.82, 2.24) is 15.1 Å².